The molecule has 1 saturated heterocycles. The molecule has 13 heteroatoms. The number of allylic oxidation sites excluding steroid dienone is 1. The maximum Gasteiger partial charge on any atom is 0.255 e. The van der Waals surface area contributed by atoms with Gasteiger partial charge in [-0.1, -0.05) is 73.7 Å². The number of phenols is 1. The number of benzene rings is 4. The molecule has 0 aromatic heterocycles. The van der Waals surface area contributed by atoms with Gasteiger partial charge in [0.2, 0.25) is 23.6 Å². The molecule has 0 unspecified atom stereocenters. The Morgan fingerprint density at radius 2 is 1.58 bits per heavy atom. The van der Waals surface area contributed by atoms with Crippen molar-refractivity contribution in [3.8, 4) is 11.5 Å². The minimum atomic E-state index is -0.689. The molecule has 0 aliphatic carbocycles. The first-order valence-electron chi connectivity index (χ1n) is 19.8. The van der Waals surface area contributed by atoms with E-state index in [0.29, 0.717) is 31.0 Å². The first kappa shape index (κ1) is 42.3. The van der Waals surface area contributed by atoms with Crippen molar-refractivity contribution < 1.29 is 43.3 Å². The zero-order chi connectivity index (χ0) is 41.7. The highest BCUT2D eigenvalue weighted by Gasteiger charge is 2.39. The van der Waals surface area contributed by atoms with Crippen molar-refractivity contribution in [3.05, 3.63) is 130 Å². The van der Waals surface area contributed by atoms with Crippen molar-refractivity contribution >= 4 is 40.7 Å². The number of carbonyl (C=O) groups is 5. The summed E-state index contributed by atoms with van der Waals surface area (Å²) in [5, 5.41) is 15.0. The highest BCUT2D eigenvalue weighted by atomic mass is 16.5. The van der Waals surface area contributed by atoms with E-state index in [1.54, 1.807) is 42.3 Å². The molecule has 2 heterocycles. The third kappa shape index (κ3) is 11.2. The Morgan fingerprint density at radius 3 is 2.29 bits per heavy atom. The maximum absolute atomic E-state index is 12.9. The summed E-state index contributed by atoms with van der Waals surface area (Å²) < 4.78 is 17.0. The molecule has 1 fully saturated rings. The van der Waals surface area contributed by atoms with Crippen molar-refractivity contribution in [1.29, 1.82) is 0 Å². The molecule has 0 saturated carbocycles. The van der Waals surface area contributed by atoms with Crippen LogP contribution >= 0.6 is 0 Å². The molecule has 3 N–H and O–H groups in total. The van der Waals surface area contributed by atoms with E-state index in [1.807, 2.05) is 54.6 Å². The molecule has 4 aromatic rings. The lowest BCUT2D eigenvalue weighted by molar-refractivity contribution is -0.137. The number of piperidine rings is 1. The molecule has 0 spiro atoms. The van der Waals surface area contributed by atoms with Crippen LogP contribution in [-0.2, 0) is 41.6 Å². The van der Waals surface area contributed by atoms with Gasteiger partial charge in [-0.25, -0.2) is 0 Å². The van der Waals surface area contributed by atoms with Crippen molar-refractivity contribution in [2.24, 2.45) is 0 Å². The lowest BCUT2D eigenvalue weighted by Gasteiger charge is -2.29. The first-order valence-corrected chi connectivity index (χ1v) is 19.8. The number of fused-ring (bicyclic) bond motifs is 1. The van der Waals surface area contributed by atoms with E-state index >= 15 is 0 Å². The zero-order valence-electron chi connectivity index (χ0n) is 33.4. The van der Waals surface area contributed by atoms with Gasteiger partial charge in [-0.15, -0.1) is 0 Å². The molecule has 2 aliphatic heterocycles. The molecule has 59 heavy (non-hydrogen) atoms. The van der Waals surface area contributed by atoms with Gasteiger partial charge in [0.25, 0.3) is 5.91 Å². The number of phenolic OH excluding ortho intramolecular Hbond substituents is 1. The average Bonchev–Trinajstić information content (AvgIpc) is 3.56. The van der Waals surface area contributed by atoms with Gasteiger partial charge in [0.1, 0.15) is 30.8 Å². The summed E-state index contributed by atoms with van der Waals surface area (Å²) in [5.74, 6) is -0.548. The summed E-state index contributed by atoms with van der Waals surface area (Å²) in [5.41, 5.74) is 7.42. The summed E-state index contributed by atoms with van der Waals surface area (Å²) in [6.07, 6.45) is 1.41. The minimum absolute atomic E-state index is 0.101. The molecule has 308 valence electrons. The normalized spacial score (nSPS) is 15.3. The van der Waals surface area contributed by atoms with Crippen molar-refractivity contribution in [1.82, 2.24) is 20.4 Å². The van der Waals surface area contributed by atoms with Crippen molar-refractivity contribution in [2.75, 3.05) is 53.2 Å². The second-order valence-electron chi connectivity index (χ2n) is 14.4. The predicted molar refractivity (Wildman–Crippen MR) is 221 cm³/mol. The molecular formula is C46H50N4O9. The quantitative estimate of drug-likeness (QED) is 0.0690. The SMILES string of the molecule is CC/C(=C(/c1ccc(O)cc1)c1ccc(OCCN(C)C(=O)COCCOCCNC(=O)Cc2ccc3c(c2)CN([C@@H]2CCC(=O)NC2=O)C3=O)cc1)c1ccccc1. The standard InChI is InChI=1S/C46H50N4O9/c1-3-38(32-7-5-4-6-8-32)44(33-10-14-36(51)15-11-33)34-12-16-37(17-13-34)59-24-22-49(2)43(54)30-58-26-25-57-23-21-47-42(53)28-31-9-18-39-35(27-31)29-50(46(39)56)40-19-20-41(52)48-45(40)55/h4-18,27,40,51H,3,19-26,28-30H2,1-2H3,(H,47,53)(H,48,52,55)/b44-38+/t40-/m1/s1. The van der Waals surface area contributed by atoms with Crippen LogP contribution < -0.4 is 15.4 Å². The number of aromatic hydroxyl groups is 1. The number of imide groups is 1. The predicted octanol–water partition coefficient (Wildman–Crippen LogP) is 4.75. The molecule has 0 bridgehead atoms. The number of amides is 5. The lowest BCUT2D eigenvalue weighted by Crippen LogP contribution is -2.52. The molecule has 13 nitrogen and oxygen atoms in total. The molecule has 0 radical (unpaired) electrons. The van der Waals surface area contributed by atoms with Gasteiger partial charge in [0, 0.05) is 32.1 Å². The van der Waals surface area contributed by atoms with Gasteiger partial charge in [0.05, 0.1) is 32.8 Å². The largest absolute Gasteiger partial charge is 0.508 e. The fourth-order valence-corrected chi connectivity index (χ4v) is 7.19. The molecule has 1 atom stereocenters. The highest BCUT2D eigenvalue weighted by Crippen LogP contribution is 2.35. The summed E-state index contributed by atoms with van der Waals surface area (Å²) in [4.78, 5) is 64.9. The first-order chi connectivity index (χ1) is 28.6. The second kappa shape index (κ2) is 20.4. The number of carbonyl (C=O) groups excluding carboxylic acids is 5. The number of hydrogen-bond acceptors (Lipinski definition) is 9. The van der Waals surface area contributed by atoms with Crippen LogP contribution in [0.15, 0.2) is 97.1 Å². The Hall–Kier alpha value is -6.31. The summed E-state index contributed by atoms with van der Waals surface area (Å²) in [6, 6.07) is 29.9. The van der Waals surface area contributed by atoms with Crippen molar-refractivity contribution in [3.63, 3.8) is 0 Å². The number of nitrogens with one attached hydrogen (secondary N) is 2. The zero-order valence-corrected chi connectivity index (χ0v) is 33.4. The summed E-state index contributed by atoms with van der Waals surface area (Å²) in [6.45, 7) is 3.98. The minimum Gasteiger partial charge on any atom is -0.508 e. The van der Waals surface area contributed by atoms with Crippen LogP contribution in [0.3, 0.4) is 0 Å². The number of nitrogens with zero attached hydrogens (tertiary/aromatic N) is 2. The van der Waals surface area contributed by atoms with Crippen LogP contribution in [0, 0.1) is 0 Å². The Labute approximate surface area is 343 Å². The van der Waals surface area contributed by atoms with Crippen molar-refractivity contribution in [2.45, 2.75) is 45.2 Å². The summed E-state index contributed by atoms with van der Waals surface area (Å²) >= 11 is 0. The van der Waals surface area contributed by atoms with Crippen LogP contribution in [0.25, 0.3) is 11.1 Å². The van der Waals surface area contributed by atoms with Gasteiger partial charge < -0.3 is 34.4 Å². The Balaban J connectivity index is 0.851. The molecular weight excluding hydrogens is 753 g/mol. The molecule has 6 rings (SSSR count). The number of rotatable bonds is 19. The van der Waals surface area contributed by atoms with Gasteiger partial charge >= 0.3 is 0 Å². The molecule has 4 aromatic carbocycles. The maximum atomic E-state index is 12.9. The Morgan fingerprint density at radius 1 is 0.864 bits per heavy atom. The second-order valence-corrected chi connectivity index (χ2v) is 14.4. The van der Waals surface area contributed by atoms with Crippen LogP contribution in [0.5, 0.6) is 11.5 Å². The number of ether oxygens (including phenoxy) is 3. The van der Waals surface area contributed by atoms with E-state index in [-0.39, 0.29) is 81.6 Å². The van der Waals surface area contributed by atoms with E-state index in [2.05, 4.69) is 29.7 Å². The number of likely N-dealkylation sites (N-methyl/N-ethyl adjacent to an activating group) is 1. The average molecular weight is 803 g/mol. The summed E-state index contributed by atoms with van der Waals surface area (Å²) in [7, 11) is 1.69. The lowest BCUT2D eigenvalue weighted by atomic mass is 9.88. The van der Waals surface area contributed by atoms with Gasteiger partial charge in [-0.2, -0.15) is 0 Å². The van der Waals surface area contributed by atoms with Gasteiger partial charge in [-0.05, 0) is 82.1 Å². The molecule has 2 aliphatic rings. The third-order valence-corrected chi connectivity index (χ3v) is 10.3. The fourth-order valence-electron chi connectivity index (χ4n) is 7.19. The van der Waals surface area contributed by atoms with Crippen LogP contribution in [0.1, 0.15) is 64.4 Å². The highest BCUT2D eigenvalue weighted by molar-refractivity contribution is 6.05. The third-order valence-electron chi connectivity index (χ3n) is 10.3. The van der Waals surface area contributed by atoms with E-state index in [1.165, 1.54) is 10.5 Å². The Bertz CT molecular complexity index is 2150. The monoisotopic (exact) mass is 802 g/mol. The number of hydrogen-bond donors (Lipinski definition) is 3. The van der Waals surface area contributed by atoms with Crippen LogP contribution in [0.4, 0.5) is 0 Å². The molecule has 5 amide bonds. The fraction of sp³-hybridized carbons (Fsp3) is 0.326. The smallest absolute Gasteiger partial charge is 0.255 e. The van der Waals surface area contributed by atoms with Gasteiger partial charge in [-0.3, -0.25) is 29.3 Å². The Kier molecular flexibility index (Phi) is 14.6. The van der Waals surface area contributed by atoms with Crippen LogP contribution in [0.2, 0.25) is 0 Å². The van der Waals surface area contributed by atoms with E-state index in [4.69, 9.17) is 14.2 Å². The van der Waals surface area contributed by atoms with E-state index in [9.17, 15) is 29.1 Å². The topological polar surface area (TPSA) is 164 Å². The van der Waals surface area contributed by atoms with E-state index in [0.717, 1.165) is 39.8 Å². The van der Waals surface area contributed by atoms with Gasteiger partial charge in [0.15, 0.2) is 0 Å². The van der Waals surface area contributed by atoms with Crippen LogP contribution in [-0.4, -0.2) is 104 Å². The van der Waals surface area contributed by atoms with E-state index < -0.39 is 11.9 Å².